The number of hydrogen-bond acceptors (Lipinski definition) is 1. The lowest BCUT2D eigenvalue weighted by Crippen LogP contribution is -1.91. The van der Waals surface area contributed by atoms with Crippen LogP contribution in [0.5, 0.6) is 0 Å². The highest BCUT2D eigenvalue weighted by Crippen LogP contribution is 2.05. The van der Waals surface area contributed by atoms with E-state index in [-0.39, 0.29) is 0 Å². The van der Waals surface area contributed by atoms with Crippen molar-refractivity contribution in [1.29, 1.82) is 0 Å². The Morgan fingerprint density at radius 1 is 1.42 bits per heavy atom. The van der Waals surface area contributed by atoms with E-state index in [2.05, 4.69) is 12.2 Å². The predicted molar refractivity (Wildman–Crippen MR) is 50.2 cm³/mol. The third-order valence-electron chi connectivity index (χ3n) is 1.65. The average Bonchev–Trinajstić information content (AvgIpc) is 2.57. The van der Waals surface area contributed by atoms with Crippen LogP contribution in [-0.2, 0) is 4.79 Å². The van der Waals surface area contributed by atoms with Gasteiger partial charge in [0.25, 0.3) is 0 Å². The lowest BCUT2D eigenvalue weighted by atomic mass is 10.3. The molecule has 0 radical (unpaired) electrons. The van der Waals surface area contributed by atoms with Crippen LogP contribution in [0.1, 0.15) is 45.4 Å². The van der Waals surface area contributed by atoms with E-state index in [0.29, 0.717) is 6.42 Å². The number of rotatable bonds is 3. The number of carbonyl (C=O) groups is 1. The van der Waals surface area contributed by atoms with Crippen LogP contribution in [0.2, 0.25) is 0 Å². The SMILES string of the molecule is C1=CCCC1.CCCCC(=O)O. The van der Waals surface area contributed by atoms with Crippen LogP contribution in [0.4, 0.5) is 0 Å². The fourth-order valence-electron chi connectivity index (χ4n) is 0.917. The van der Waals surface area contributed by atoms with Crippen molar-refractivity contribution in [3.8, 4) is 0 Å². The van der Waals surface area contributed by atoms with Crippen LogP contribution in [0.15, 0.2) is 12.2 Å². The molecule has 0 spiro atoms. The van der Waals surface area contributed by atoms with E-state index in [1.165, 1.54) is 19.3 Å². The second kappa shape index (κ2) is 8.31. The number of unbranched alkanes of at least 4 members (excludes halogenated alkanes) is 1. The van der Waals surface area contributed by atoms with Gasteiger partial charge in [0.2, 0.25) is 0 Å². The van der Waals surface area contributed by atoms with Crippen LogP contribution in [-0.4, -0.2) is 11.1 Å². The van der Waals surface area contributed by atoms with Gasteiger partial charge in [0.05, 0.1) is 0 Å². The molecule has 0 aromatic heterocycles. The van der Waals surface area contributed by atoms with E-state index < -0.39 is 5.97 Å². The van der Waals surface area contributed by atoms with E-state index in [0.717, 1.165) is 12.8 Å². The minimum absolute atomic E-state index is 0.316. The van der Waals surface area contributed by atoms with E-state index >= 15 is 0 Å². The third-order valence-corrected chi connectivity index (χ3v) is 1.65. The Labute approximate surface area is 74.3 Å². The van der Waals surface area contributed by atoms with Crippen LogP contribution in [0.3, 0.4) is 0 Å². The molecular weight excluding hydrogens is 152 g/mol. The molecule has 0 fully saturated rings. The molecule has 70 valence electrons. The average molecular weight is 170 g/mol. The molecule has 0 heterocycles. The highest BCUT2D eigenvalue weighted by molar-refractivity contribution is 5.66. The van der Waals surface area contributed by atoms with Gasteiger partial charge in [-0.2, -0.15) is 0 Å². The molecule has 0 aromatic rings. The van der Waals surface area contributed by atoms with Crippen molar-refractivity contribution in [1.82, 2.24) is 0 Å². The minimum Gasteiger partial charge on any atom is -0.481 e. The van der Waals surface area contributed by atoms with Gasteiger partial charge < -0.3 is 5.11 Å². The van der Waals surface area contributed by atoms with Crippen molar-refractivity contribution in [2.75, 3.05) is 0 Å². The lowest BCUT2D eigenvalue weighted by Gasteiger charge is -1.85. The van der Waals surface area contributed by atoms with Gasteiger partial charge in [0, 0.05) is 6.42 Å². The topological polar surface area (TPSA) is 37.3 Å². The summed E-state index contributed by atoms with van der Waals surface area (Å²) in [5, 5.41) is 8.04. The molecule has 0 aromatic carbocycles. The maximum absolute atomic E-state index is 9.76. The molecule has 2 nitrogen and oxygen atoms in total. The van der Waals surface area contributed by atoms with Crippen LogP contribution in [0.25, 0.3) is 0 Å². The lowest BCUT2D eigenvalue weighted by molar-refractivity contribution is -0.137. The molecule has 2 heteroatoms. The molecule has 0 atom stereocenters. The second-order valence-electron chi connectivity index (χ2n) is 2.90. The van der Waals surface area contributed by atoms with Gasteiger partial charge in [0.1, 0.15) is 0 Å². The molecule has 0 unspecified atom stereocenters. The quantitative estimate of drug-likeness (QED) is 0.661. The highest BCUT2D eigenvalue weighted by atomic mass is 16.4. The zero-order valence-corrected chi connectivity index (χ0v) is 7.75. The summed E-state index contributed by atoms with van der Waals surface area (Å²) in [6.07, 6.45) is 10.6. The fourth-order valence-corrected chi connectivity index (χ4v) is 0.917. The van der Waals surface area contributed by atoms with Crippen LogP contribution in [0, 0.1) is 0 Å². The molecule has 1 N–H and O–H groups in total. The third kappa shape index (κ3) is 9.21. The van der Waals surface area contributed by atoms with Crippen LogP contribution < -0.4 is 0 Å². The number of carboxylic acids is 1. The summed E-state index contributed by atoms with van der Waals surface area (Å²) in [4.78, 5) is 9.76. The number of carboxylic acid groups (broad SMARTS) is 1. The maximum Gasteiger partial charge on any atom is 0.303 e. The van der Waals surface area contributed by atoms with E-state index in [4.69, 9.17) is 5.11 Å². The van der Waals surface area contributed by atoms with E-state index in [9.17, 15) is 4.79 Å². The van der Waals surface area contributed by atoms with Gasteiger partial charge in [-0.05, 0) is 25.7 Å². The first kappa shape index (κ1) is 11.2. The normalized spacial score (nSPS) is 13.8. The second-order valence-corrected chi connectivity index (χ2v) is 2.90. The Morgan fingerprint density at radius 2 is 2.00 bits per heavy atom. The van der Waals surface area contributed by atoms with Gasteiger partial charge in [-0.25, -0.2) is 0 Å². The predicted octanol–water partition coefficient (Wildman–Crippen LogP) is 2.99. The molecular formula is C10H18O2. The van der Waals surface area contributed by atoms with Crippen LogP contribution >= 0.6 is 0 Å². The molecule has 0 saturated heterocycles. The van der Waals surface area contributed by atoms with Gasteiger partial charge in [-0.15, -0.1) is 0 Å². The molecule has 1 aliphatic carbocycles. The highest BCUT2D eigenvalue weighted by Gasteiger charge is 1.90. The zero-order valence-electron chi connectivity index (χ0n) is 7.75. The molecule has 1 aliphatic rings. The summed E-state index contributed by atoms with van der Waals surface area (Å²) in [7, 11) is 0. The minimum atomic E-state index is -0.693. The Bertz CT molecular complexity index is 133. The standard InChI is InChI=1S/C5H10O2.C5H8/c1-2-3-4-5(6)7;1-2-4-5-3-1/h2-4H2,1H3,(H,6,7);1-2H,3-5H2. The summed E-state index contributed by atoms with van der Waals surface area (Å²) in [5.41, 5.74) is 0. The van der Waals surface area contributed by atoms with Crippen molar-refractivity contribution in [3.63, 3.8) is 0 Å². The van der Waals surface area contributed by atoms with Crippen molar-refractivity contribution in [3.05, 3.63) is 12.2 Å². The number of hydrogen-bond donors (Lipinski definition) is 1. The first-order valence-electron chi connectivity index (χ1n) is 4.64. The molecule has 0 bridgehead atoms. The smallest absolute Gasteiger partial charge is 0.303 e. The molecule has 1 rings (SSSR count). The molecule has 0 saturated carbocycles. The Kier molecular flexibility index (Phi) is 7.76. The van der Waals surface area contributed by atoms with Crippen molar-refractivity contribution >= 4 is 5.97 Å². The first-order valence-corrected chi connectivity index (χ1v) is 4.64. The zero-order chi connectivity index (χ0) is 9.23. The van der Waals surface area contributed by atoms with Gasteiger partial charge in [-0.3, -0.25) is 4.79 Å². The molecule has 12 heavy (non-hydrogen) atoms. The van der Waals surface area contributed by atoms with E-state index in [1.807, 2.05) is 6.92 Å². The molecule has 0 amide bonds. The van der Waals surface area contributed by atoms with Crippen molar-refractivity contribution in [2.24, 2.45) is 0 Å². The summed E-state index contributed by atoms with van der Waals surface area (Å²) < 4.78 is 0. The number of aliphatic carboxylic acids is 1. The van der Waals surface area contributed by atoms with E-state index in [1.54, 1.807) is 0 Å². The summed E-state index contributed by atoms with van der Waals surface area (Å²) in [6, 6.07) is 0. The molecule has 0 aliphatic heterocycles. The van der Waals surface area contributed by atoms with Gasteiger partial charge in [-0.1, -0.05) is 25.5 Å². The van der Waals surface area contributed by atoms with Gasteiger partial charge in [0.15, 0.2) is 0 Å². The summed E-state index contributed by atoms with van der Waals surface area (Å²) in [5.74, 6) is -0.693. The Morgan fingerprint density at radius 3 is 2.17 bits per heavy atom. The van der Waals surface area contributed by atoms with Gasteiger partial charge >= 0.3 is 5.97 Å². The Hall–Kier alpha value is -0.790. The fraction of sp³-hybridized carbons (Fsp3) is 0.700. The maximum atomic E-state index is 9.76. The Balaban J connectivity index is 0.000000211. The monoisotopic (exact) mass is 170 g/mol. The number of allylic oxidation sites excluding steroid dienone is 2. The summed E-state index contributed by atoms with van der Waals surface area (Å²) in [6.45, 7) is 1.98. The largest absolute Gasteiger partial charge is 0.481 e. The summed E-state index contributed by atoms with van der Waals surface area (Å²) >= 11 is 0. The van der Waals surface area contributed by atoms with Crippen molar-refractivity contribution < 1.29 is 9.90 Å². The van der Waals surface area contributed by atoms with Crippen molar-refractivity contribution in [2.45, 2.75) is 45.4 Å². The first-order chi connectivity index (χ1) is 5.77.